The maximum atomic E-state index is 12.6. The van der Waals surface area contributed by atoms with Crippen molar-refractivity contribution in [3.8, 4) is 0 Å². The first-order valence-electron chi connectivity index (χ1n) is 8.25. The molecule has 1 heterocycles. The molecule has 0 bridgehead atoms. The van der Waals surface area contributed by atoms with Gasteiger partial charge >= 0.3 is 5.69 Å². The van der Waals surface area contributed by atoms with E-state index in [-0.39, 0.29) is 22.9 Å². The smallest absolute Gasteiger partial charge is 0.325 e. The number of fused-ring (bicyclic) bond motifs is 1. The number of thioether (sulfide) groups is 1. The van der Waals surface area contributed by atoms with Crippen molar-refractivity contribution >= 4 is 34.1 Å². The summed E-state index contributed by atoms with van der Waals surface area (Å²) in [5.41, 5.74) is 0.587. The lowest BCUT2D eigenvalue weighted by Crippen LogP contribution is -2.23. The normalized spacial score (nSPS) is 15.2. The molecule has 1 saturated carbocycles. The first kappa shape index (κ1) is 16.0. The summed E-state index contributed by atoms with van der Waals surface area (Å²) in [5.74, 6) is -0.112. The number of hydrogen-bond acceptors (Lipinski definition) is 4. The molecule has 1 aliphatic rings. The molecule has 1 fully saturated rings. The van der Waals surface area contributed by atoms with E-state index in [0.29, 0.717) is 5.16 Å². The van der Waals surface area contributed by atoms with Crippen molar-refractivity contribution in [1.82, 2.24) is 14.8 Å². The van der Waals surface area contributed by atoms with Gasteiger partial charge in [0.25, 0.3) is 0 Å². The molecule has 2 aromatic carbocycles. The number of hydrogen-bond donors (Lipinski definition) is 2. The topological polar surface area (TPSA) is 79.8 Å². The van der Waals surface area contributed by atoms with Gasteiger partial charge in [-0.1, -0.05) is 48.2 Å². The van der Waals surface area contributed by atoms with Gasteiger partial charge in [-0.2, -0.15) is 0 Å². The van der Waals surface area contributed by atoms with Crippen molar-refractivity contribution in [2.75, 3.05) is 5.32 Å². The van der Waals surface area contributed by atoms with Gasteiger partial charge in [0.2, 0.25) is 5.91 Å². The summed E-state index contributed by atoms with van der Waals surface area (Å²) in [4.78, 5) is 24.4. The molecule has 1 amide bonds. The second-order valence-electron chi connectivity index (χ2n) is 6.19. The zero-order chi connectivity index (χ0) is 17.4. The van der Waals surface area contributed by atoms with Gasteiger partial charge in [-0.25, -0.2) is 9.89 Å². The maximum Gasteiger partial charge on any atom is 0.344 e. The molecule has 25 heavy (non-hydrogen) atoms. The van der Waals surface area contributed by atoms with Crippen molar-refractivity contribution in [2.24, 2.45) is 0 Å². The number of aromatic amines is 1. The molecule has 6 nitrogen and oxygen atoms in total. The summed E-state index contributed by atoms with van der Waals surface area (Å²) in [6.07, 6.45) is 1.98. The fraction of sp³-hybridized carbons (Fsp3) is 0.278. The van der Waals surface area contributed by atoms with Crippen molar-refractivity contribution < 1.29 is 4.79 Å². The summed E-state index contributed by atoms with van der Waals surface area (Å²) in [5, 5.41) is 11.8. The van der Waals surface area contributed by atoms with Crippen LogP contribution in [0.3, 0.4) is 0 Å². The molecular weight excluding hydrogens is 336 g/mol. The van der Waals surface area contributed by atoms with Gasteiger partial charge in [0.15, 0.2) is 5.16 Å². The molecule has 128 valence electrons. The maximum absolute atomic E-state index is 12.6. The highest BCUT2D eigenvalue weighted by Crippen LogP contribution is 2.37. The van der Waals surface area contributed by atoms with Gasteiger partial charge in [-0.3, -0.25) is 9.36 Å². The minimum absolute atomic E-state index is 0.112. The van der Waals surface area contributed by atoms with E-state index < -0.39 is 0 Å². The van der Waals surface area contributed by atoms with Gasteiger partial charge in [0.1, 0.15) is 0 Å². The van der Waals surface area contributed by atoms with Crippen molar-refractivity contribution in [2.45, 2.75) is 36.2 Å². The lowest BCUT2D eigenvalue weighted by molar-refractivity contribution is -0.115. The molecule has 1 atom stereocenters. The third-order valence-corrected chi connectivity index (χ3v) is 5.35. The molecule has 1 aromatic heterocycles. The molecule has 0 aliphatic heterocycles. The Morgan fingerprint density at radius 2 is 2.04 bits per heavy atom. The first-order chi connectivity index (χ1) is 12.1. The second kappa shape index (κ2) is 6.40. The van der Waals surface area contributed by atoms with Crippen molar-refractivity contribution in [3.63, 3.8) is 0 Å². The average molecular weight is 354 g/mol. The molecule has 4 rings (SSSR count). The van der Waals surface area contributed by atoms with Crippen LogP contribution < -0.4 is 11.0 Å². The highest BCUT2D eigenvalue weighted by Gasteiger charge is 2.30. The summed E-state index contributed by atoms with van der Waals surface area (Å²) >= 11 is 1.30. The molecular formula is C18H18N4O2S. The Kier molecular flexibility index (Phi) is 4.09. The van der Waals surface area contributed by atoms with E-state index in [4.69, 9.17) is 0 Å². The standard InChI is InChI=1S/C18H18N4O2S/c1-11(25-18-21-20-17(24)22(18)13-9-10-13)16(23)19-15-8-4-6-12-5-2-3-7-14(12)15/h2-8,11,13H,9-10H2,1H3,(H,19,23)(H,20,24). The molecule has 0 radical (unpaired) electrons. The number of nitrogens with zero attached hydrogens (tertiary/aromatic N) is 2. The quantitative estimate of drug-likeness (QED) is 0.690. The molecule has 3 aromatic rings. The van der Waals surface area contributed by atoms with Gasteiger partial charge in [0.05, 0.1) is 5.25 Å². The van der Waals surface area contributed by atoms with Crippen LogP contribution >= 0.6 is 11.8 Å². The monoisotopic (exact) mass is 354 g/mol. The van der Waals surface area contributed by atoms with E-state index in [0.717, 1.165) is 29.3 Å². The van der Waals surface area contributed by atoms with E-state index in [1.165, 1.54) is 11.8 Å². The minimum Gasteiger partial charge on any atom is -0.325 e. The van der Waals surface area contributed by atoms with Crippen LogP contribution in [-0.2, 0) is 4.79 Å². The lowest BCUT2D eigenvalue weighted by Gasteiger charge is -2.13. The van der Waals surface area contributed by atoms with Crippen LogP contribution in [0.4, 0.5) is 5.69 Å². The van der Waals surface area contributed by atoms with Crippen molar-refractivity contribution in [1.29, 1.82) is 0 Å². The summed E-state index contributed by atoms with van der Waals surface area (Å²) < 4.78 is 1.66. The van der Waals surface area contributed by atoms with E-state index in [9.17, 15) is 9.59 Å². The predicted molar refractivity (Wildman–Crippen MR) is 99.0 cm³/mol. The van der Waals surface area contributed by atoms with Crippen LogP contribution in [0.25, 0.3) is 10.8 Å². The van der Waals surface area contributed by atoms with E-state index in [1.807, 2.05) is 49.4 Å². The van der Waals surface area contributed by atoms with Gasteiger partial charge in [-0.05, 0) is 31.2 Å². The lowest BCUT2D eigenvalue weighted by atomic mass is 10.1. The van der Waals surface area contributed by atoms with E-state index in [2.05, 4.69) is 15.5 Å². The Morgan fingerprint density at radius 3 is 2.84 bits per heavy atom. The van der Waals surface area contributed by atoms with E-state index >= 15 is 0 Å². The Hall–Kier alpha value is -2.54. The molecule has 0 spiro atoms. The van der Waals surface area contributed by atoms with Crippen LogP contribution in [0.2, 0.25) is 0 Å². The number of rotatable bonds is 5. The SMILES string of the molecule is CC(Sc1n[nH]c(=O)n1C1CC1)C(=O)Nc1cccc2ccccc12. The number of anilines is 1. The zero-order valence-electron chi connectivity index (χ0n) is 13.7. The Balaban J connectivity index is 1.52. The summed E-state index contributed by atoms with van der Waals surface area (Å²) in [6, 6.07) is 14.0. The molecule has 1 aliphatic carbocycles. The summed E-state index contributed by atoms with van der Waals surface area (Å²) in [7, 11) is 0. The number of amides is 1. The van der Waals surface area contributed by atoms with Gasteiger partial charge in [-0.15, -0.1) is 5.10 Å². The highest BCUT2D eigenvalue weighted by molar-refractivity contribution is 8.00. The highest BCUT2D eigenvalue weighted by atomic mass is 32.2. The fourth-order valence-electron chi connectivity index (χ4n) is 2.81. The number of aromatic nitrogens is 3. The third-order valence-electron chi connectivity index (χ3n) is 4.28. The van der Waals surface area contributed by atoms with E-state index in [1.54, 1.807) is 4.57 Å². The van der Waals surface area contributed by atoms with Crippen molar-refractivity contribution in [3.05, 3.63) is 52.9 Å². The molecule has 0 saturated heterocycles. The zero-order valence-corrected chi connectivity index (χ0v) is 14.5. The summed E-state index contributed by atoms with van der Waals surface area (Å²) in [6.45, 7) is 1.82. The first-order valence-corrected chi connectivity index (χ1v) is 9.13. The van der Waals surface area contributed by atoms with Crippen LogP contribution in [0.1, 0.15) is 25.8 Å². The predicted octanol–water partition coefficient (Wildman–Crippen LogP) is 3.18. The van der Waals surface area contributed by atoms with Crippen LogP contribution in [0, 0.1) is 0 Å². The van der Waals surface area contributed by atoms with Gasteiger partial charge < -0.3 is 5.32 Å². The number of H-pyrrole nitrogens is 1. The average Bonchev–Trinajstić information content (AvgIpc) is 3.39. The van der Waals surface area contributed by atoms with Crippen LogP contribution in [0.15, 0.2) is 52.4 Å². The Labute approximate surface area is 148 Å². The second-order valence-corrected chi connectivity index (χ2v) is 7.50. The molecule has 7 heteroatoms. The third kappa shape index (κ3) is 3.19. The van der Waals surface area contributed by atoms with Crippen LogP contribution in [-0.4, -0.2) is 25.9 Å². The fourth-order valence-corrected chi connectivity index (χ4v) is 3.73. The number of carbonyl (C=O) groups is 1. The van der Waals surface area contributed by atoms with Gasteiger partial charge in [0, 0.05) is 17.1 Å². The molecule has 2 N–H and O–H groups in total. The molecule has 1 unspecified atom stereocenters. The van der Waals surface area contributed by atoms with Crippen LogP contribution in [0.5, 0.6) is 0 Å². The number of carbonyl (C=O) groups excluding carboxylic acids is 1. The Bertz CT molecular complexity index is 985. The number of nitrogens with one attached hydrogen (secondary N) is 2. The largest absolute Gasteiger partial charge is 0.344 e. The number of benzene rings is 2. The minimum atomic E-state index is -0.369. The Morgan fingerprint density at radius 1 is 1.28 bits per heavy atom.